The van der Waals surface area contributed by atoms with E-state index in [1.54, 1.807) is 13.1 Å². The molecule has 0 amide bonds. The number of halogens is 1. The molecule has 0 aliphatic carbocycles. The smallest absolute Gasteiger partial charge is 0.191 e. The first-order valence-electron chi connectivity index (χ1n) is 8.11. The largest absolute Gasteiger partial charge is 0.356 e. The topological polar surface area (TPSA) is 54.2 Å². The van der Waals surface area contributed by atoms with E-state index in [4.69, 9.17) is 0 Å². The van der Waals surface area contributed by atoms with Crippen molar-refractivity contribution in [2.75, 3.05) is 13.6 Å². The lowest BCUT2D eigenvalue weighted by Gasteiger charge is -2.13. The number of aromatic nitrogens is 2. The third-order valence-electron chi connectivity index (χ3n) is 4.31. The molecule has 2 N–H and O–H groups in total. The summed E-state index contributed by atoms with van der Waals surface area (Å²) in [5.41, 5.74) is 5.48. The van der Waals surface area contributed by atoms with Crippen molar-refractivity contribution < 1.29 is 4.39 Å². The van der Waals surface area contributed by atoms with Crippen LogP contribution in [0.4, 0.5) is 4.39 Å². The number of aryl methyl sites for hydroxylation is 3. The lowest BCUT2D eigenvalue weighted by atomic mass is 10.1. The van der Waals surface area contributed by atoms with Crippen molar-refractivity contribution in [3.63, 3.8) is 0 Å². The molecule has 0 aliphatic heterocycles. The van der Waals surface area contributed by atoms with Gasteiger partial charge in [0.1, 0.15) is 5.82 Å². The minimum absolute atomic E-state index is 0.191. The molecule has 0 atom stereocenters. The molecule has 0 bridgehead atoms. The molecule has 0 fully saturated rings. The Hall–Kier alpha value is -2.37. The molecular formula is C18H26FN5. The fourth-order valence-corrected chi connectivity index (χ4v) is 2.72. The zero-order valence-electron chi connectivity index (χ0n) is 15.1. The van der Waals surface area contributed by atoms with Gasteiger partial charge in [-0.1, -0.05) is 6.07 Å². The number of rotatable bonds is 5. The Labute approximate surface area is 143 Å². The van der Waals surface area contributed by atoms with Crippen molar-refractivity contribution in [3.8, 4) is 0 Å². The van der Waals surface area contributed by atoms with Crippen LogP contribution in [0.15, 0.2) is 23.2 Å². The summed E-state index contributed by atoms with van der Waals surface area (Å²) in [7, 11) is 3.70. The summed E-state index contributed by atoms with van der Waals surface area (Å²) in [6, 6.07) is 4.91. The molecule has 5 nitrogen and oxygen atoms in total. The molecule has 0 saturated heterocycles. The van der Waals surface area contributed by atoms with Gasteiger partial charge in [0.2, 0.25) is 0 Å². The molecule has 0 saturated carbocycles. The van der Waals surface area contributed by atoms with Crippen LogP contribution in [-0.2, 0) is 20.0 Å². The number of hydrogen-bond donors (Lipinski definition) is 2. The van der Waals surface area contributed by atoms with Gasteiger partial charge < -0.3 is 10.6 Å². The summed E-state index contributed by atoms with van der Waals surface area (Å²) < 4.78 is 15.0. The number of aliphatic imine (C=N–C) groups is 1. The van der Waals surface area contributed by atoms with Gasteiger partial charge in [0.15, 0.2) is 5.96 Å². The maximum atomic E-state index is 13.1. The summed E-state index contributed by atoms with van der Waals surface area (Å²) >= 11 is 0. The Morgan fingerprint density at radius 2 is 2.00 bits per heavy atom. The fraction of sp³-hybridized carbons (Fsp3) is 0.444. The van der Waals surface area contributed by atoms with Crippen LogP contribution < -0.4 is 10.6 Å². The first kappa shape index (κ1) is 18.0. The van der Waals surface area contributed by atoms with Crippen LogP contribution in [-0.4, -0.2) is 29.3 Å². The highest BCUT2D eigenvalue weighted by Crippen LogP contribution is 2.11. The van der Waals surface area contributed by atoms with E-state index in [0.29, 0.717) is 6.54 Å². The van der Waals surface area contributed by atoms with Crippen molar-refractivity contribution >= 4 is 5.96 Å². The van der Waals surface area contributed by atoms with Gasteiger partial charge in [0.25, 0.3) is 0 Å². The second kappa shape index (κ2) is 7.95. The zero-order chi connectivity index (χ0) is 17.7. The van der Waals surface area contributed by atoms with Gasteiger partial charge in [-0.25, -0.2) is 4.39 Å². The molecular weight excluding hydrogens is 305 g/mol. The number of nitrogens with one attached hydrogen (secondary N) is 2. The van der Waals surface area contributed by atoms with Crippen molar-refractivity contribution in [2.45, 2.75) is 33.7 Å². The third kappa shape index (κ3) is 4.34. The standard InChI is InChI=1S/C18H26FN5/c1-12-10-16(19)7-6-15(12)8-9-21-18(20-4)22-11-17-13(2)23-24(5)14(17)3/h6-7,10H,8-9,11H2,1-5H3,(H2,20,21,22). The highest BCUT2D eigenvalue weighted by atomic mass is 19.1. The molecule has 0 aliphatic rings. The van der Waals surface area contributed by atoms with Crippen molar-refractivity contribution in [1.29, 1.82) is 0 Å². The third-order valence-corrected chi connectivity index (χ3v) is 4.31. The average Bonchev–Trinajstić information content (AvgIpc) is 2.78. The van der Waals surface area contributed by atoms with Gasteiger partial charge in [-0.05, 0) is 50.5 Å². The second-order valence-corrected chi connectivity index (χ2v) is 5.95. The summed E-state index contributed by atoms with van der Waals surface area (Å²) in [6.45, 7) is 7.42. The molecule has 0 spiro atoms. The van der Waals surface area contributed by atoms with E-state index < -0.39 is 0 Å². The maximum absolute atomic E-state index is 13.1. The van der Waals surface area contributed by atoms with Crippen molar-refractivity contribution in [3.05, 3.63) is 52.1 Å². The Morgan fingerprint density at radius 1 is 1.25 bits per heavy atom. The van der Waals surface area contributed by atoms with Gasteiger partial charge >= 0.3 is 0 Å². The van der Waals surface area contributed by atoms with E-state index in [2.05, 4.69) is 27.6 Å². The first-order chi connectivity index (χ1) is 11.4. The lowest BCUT2D eigenvalue weighted by Crippen LogP contribution is -2.38. The van der Waals surface area contributed by atoms with E-state index >= 15 is 0 Å². The predicted octanol–water partition coefficient (Wildman–Crippen LogP) is 2.39. The molecule has 130 valence electrons. The second-order valence-electron chi connectivity index (χ2n) is 5.95. The Kier molecular flexibility index (Phi) is 5.95. The molecule has 24 heavy (non-hydrogen) atoms. The number of hydrogen-bond acceptors (Lipinski definition) is 2. The Morgan fingerprint density at radius 3 is 2.58 bits per heavy atom. The Bertz CT molecular complexity index is 733. The number of nitrogens with zero attached hydrogens (tertiary/aromatic N) is 3. The average molecular weight is 331 g/mol. The summed E-state index contributed by atoms with van der Waals surface area (Å²) in [5, 5.41) is 11.0. The molecule has 1 aromatic heterocycles. The van der Waals surface area contributed by atoms with Crippen molar-refractivity contribution in [2.24, 2.45) is 12.0 Å². The molecule has 0 unspecified atom stereocenters. The number of benzene rings is 1. The monoisotopic (exact) mass is 331 g/mol. The number of guanidine groups is 1. The molecule has 0 radical (unpaired) electrons. The van der Waals surface area contributed by atoms with Crippen LogP contribution in [0.2, 0.25) is 0 Å². The summed E-state index contributed by atoms with van der Waals surface area (Å²) in [5.74, 6) is 0.557. The quantitative estimate of drug-likeness (QED) is 0.653. The highest BCUT2D eigenvalue weighted by Gasteiger charge is 2.09. The van der Waals surface area contributed by atoms with E-state index in [1.807, 2.05) is 31.6 Å². The van der Waals surface area contributed by atoms with Crippen LogP contribution in [0.25, 0.3) is 0 Å². The fourth-order valence-electron chi connectivity index (χ4n) is 2.72. The van der Waals surface area contributed by atoms with E-state index in [9.17, 15) is 4.39 Å². The van der Waals surface area contributed by atoms with Crippen LogP contribution in [0.3, 0.4) is 0 Å². The van der Waals surface area contributed by atoms with Crippen molar-refractivity contribution in [1.82, 2.24) is 20.4 Å². The van der Waals surface area contributed by atoms with E-state index in [-0.39, 0.29) is 5.82 Å². The van der Waals surface area contributed by atoms with Crippen LogP contribution in [0.1, 0.15) is 28.1 Å². The van der Waals surface area contributed by atoms with Gasteiger partial charge in [-0.3, -0.25) is 9.67 Å². The minimum atomic E-state index is -0.191. The summed E-state index contributed by atoms with van der Waals surface area (Å²) in [4.78, 5) is 4.24. The van der Waals surface area contributed by atoms with E-state index in [1.165, 1.54) is 11.6 Å². The molecule has 2 rings (SSSR count). The summed E-state index contributed by atoms with van der Waals surface area (Å²) in [6.07, 6.45) is 0.817. The molecule has 1 aromatic carbocycles. The van der Waals surface area contributed by atoms with Gasteiger partial charge in [-0.2, -0.15) is 5.10 Å². The van der Waals surface area contributed by atoms with E-state index in [0.717, 1.165) is 41.4 Å². The van der Waals surface area contributed by atoms with Crippen LogP contribution in [0.5, 0.6) is 0 Å². The highest BCUT2D eigenvalue weighted by molar-refractivity contribution is 5.79. The molecule has 1 heterocycles. The van der Waals surface area contributed by atoms with Gasteiger partial charge in [0.05, 0.1) is 5.69 Å². The van der Waals surface area contributed by atoms with Crippen LogP contribution in [0, 0.1) is 26.6 Å². The predicted molar refractivity (Wildman–Crippen MR) is 95.7 cm³/mol. The maximum Gasteiger partial charge on any atom is 0.191 e. The SMILES string of the molecule is CN=C(NCCc1ccc(F)cc1C)NCc1c(C)nn(C)c1C. The normalized spacial score (nSPS) is 11.7. The zero-order valence-corrected chi connectivity index (χ0v) is 15.1. The first-order valence-corrected chi connectivity index (χ1v) is 8.11. The minimum Gasteiger partial charge on any atom is -0.356 e. The lowest BCUT2D eigenvalue weighted by molar-refractivity contribution is 0.625. The molecule has 6 heteroatoms. The van der Waals surface area contributed by atoms with Crippen LogP contribution >= 0.6 is 0 Å². The van der Waals surface area contributed by atoms with Gasteiger partial charge in [0, 0.05) is 38.4 Å². The van der Waals surface area contributed by atoms with Gasteiger partial charge in [-0.15, -0.1) is 0 Å². The molecule has 2 aromatic rings. The Balaban J connectivity index is 1.86.